The van der Waals surface area contributed by atoms with Gasteiger partial charge in [-0.3, -0.25) is 4.79 Å². The third-order valence-corrected chi connectivity index (χ3v) is 3.96. The molecule has 1 aromatic carbocycles. The van der Waals surface area contributed by atoms with Crippen molar-refractivity contribution in [2.45, 2.75) is 25.3 Å². The molecule has 0 unspecified atom stereocenters. The van der Waals surface area contributed by atoms with E-state index in [-0.39, 0.29) is 23.8 Å². The Balaban J connectivity index is 1.51. The van der Waals surface area contributed by atoms with Gasteiger partial charge in [-0.15, -0.1) is 10.2 Å². The van der Waals surface area contributed by atoms with Gasteiger partial charge < -0.3 is 10.4 Å². The number of anilines is 1. The third kappa shape index (κ3) is 3.49. The molecule has 1 saturated carbocycles. The second-order valence-corrected chi connectivity index (χ2v) is 6.04. The Hall–Kier alpha value is -3.70. The van der Waals surface area contributed by atoms with Crippen molar-refractivity contribution in [2.24, 2.45) is 0 Å². The van der Waals surface area contributed by atoms with Crippen molar-refractivity contribution in [1.29, 1.82) is 0 Å². The molecule has 0 atom stereocenters. The maximum Gasteiger partial charge on any atom is 0.358 e. The molecule has 0 aliphatic heterocycles. The van der Waals surface area contributed by atoms with E-state index < -0.39 is 17.7 Å². The van der Waals surface area contributed by atoms with E-state index in [0.29, 0.717) is 11.5 Å². The van der Waals surface area contributed by atoms with Crippen molar-refractivity contribution in [1.82, 2.24) is 35.2 Å². The first-order valence-corrected chi connectivity index (χ1v) is 8.03. The first-order valence-electron chi connectivity index (χ1n) is 8.03. The molecule has 0 radical (unpaired) electrons. The largest absolute Gasteiger partial charge is 0.476 e. The molecule has 1 aliphatic carbocycles. The van der Waals surface area contributed by atoms with Crippen LogP contribution in [-0.2, 0) is 11.3 Å². The zero-order valence-electron chi connectivity index (χ0n) is 13.8. The van der Waals surface area contributed by atoms with E-state index >= 15 is 0 Å². The molecule has 138 valence electrons. The van der Waals surface area contributed by atoms with Crippen molar-refractivity contribution in [3.8, 4) is 5.69 Å². The standard InChI is InChI=1S/C15H13FN8O3/c16-10-4-3-9(5-12(10)24-14(8-1-2-8)19-20-22-24)17-13(25)7-23-6-11(15(26)27)18-21-23/h3-6,8H,1-2,7H2,(H,17,25)(H,26,27). The number of carboxylic acid groups (broad SMARTS) is 1. The molecule has 2 aromatic heterocycles. The third-order valence-electron chi connectivity index (χ3n) is 3.96. The van der Waals surface area contributed by atoms with Crippen molar-refractivity contribution >= 4 is 17.6 Å². The summed E-state index contributed by atoms with van der Waals surface area (Å²) >= 11 is 0. The van der Waals surface area contributed by atoms with Gasteiger partial charge in [-0.1, -0.05) is 5.21 Å². The SMILES string of the molecule is O=C(Cn1cc(C(=O)O)nn1)Nc1ccc(F)c(-n2nnnc2C2CC2)c1. The second-order valence-electron chi connectivity index (χ2n) is 6.04. The summed E-state index contributed by atoms with van der Waals surface area (Å²) in [6.45, 7) is -0.245. The number of halogens is 1. The highest BCUT2D eigenvalue weighted by Crippen LogP contribution is 2.39. The lowest BCUT2D eigenvalue weighted by Crippen LogP contribution is -2.19. The molecular weight excluding hydrogens is 359 g/mol. The van der Waals surface area contributed by atoms with Crippen LogP contribution < -0.4 is 5.32 Å². The Bertz CT molecular complexity index is 1030. The minimum absolute atomic E-state index is 0.133. The van der Waals surface area contributed by atoms with E-state index in [2.05, 4.69) is 31.2 Å². The summed E-state index contributed by atoms with van der Waals surface area (Å²) in [5.41, 5.74) is 0.207. The van der Waals surface area contributed by atoms with E-state index in [1.165, 1.54) is 22.9 Å². The number of rotatable bonds is 6. The molecule has 1 amide bonds. The highest BCUT2D eigenvalue weighted by molar-refractivity contribution is 5.91. The normalized spacial score (nSPS) is 13.5. The zero-order valence-corrected chi connectivity index (χ0v) is 13.8. The molecule has 1 fully saturated rings. The fourth-order valence-corrected chi connectivity index (χ4v) is 2.54. The van der Waals surface area contributed by atoms with Crippen LogP contribution in [0.5, 0.6) is 0 Å². The van der Waals surface area contributed by atoms with Crippen LogP contribution in [-0.4, -0.2) is 52.2 Å². The molecule has 1 aliphatic rings. The lowest BCUT2D eigenvalue weighted by Gasteiger charge is -2.09. The van der Waals surface area contributed by atoms with Gasteiger partial charge in [-0.05, 0) is 41.5 Å². The van der Waals surface area contributed by atoms with Gasteiger partial charge in [0.1, 0.15) is 18.0 Å². The number of amides is 1. The average Bonchev–Trinajstić information content (AvgIpc) is 3.16. The van der Waals surface area contributed by atoms with E-state index in [4.69, 9.17) is 5.11 Å². The summed E-state index contributed by atoms with van der Waals surface area (Å²) in [7, 11) is 0. The van der Waals surface area contributed by atoms with Crippen LogP contribution in [0.1, 0.15) is 35.1 Å². The van der Waals surface area contributed by atoms with E-state index in [1.54, 1.807) is 0 Å². The van der Waals surface area contributed by atoms with E-state index in [9.17, 15) is 14.0 Å². The molecule has 4 rings (SSSR count). The topological polar surface area (TPSA) is 141 Å². The van der Waals surface area contributed by atoms with Gasteiger partial charge in [0.25, 0.3) is 0 Å². The molecule has 0 bridgehead atoms. The summed E-state index contributed by atoms with van der Waals surface area (Å²) in [5.74, 6) is -1.44. The molecule has 2 heterocycles. The van der Waals surface area contributed by atoms with Crippen LogP contribution in [0.25, 0.3) is 5.69 Å². The summed E-state index contributed by atoms with van der Waals surface area (Å²) in [6, 6.07) is 4.04. The highest BCUT2D eigenvalue weighted by atomic mass is 19.1. The van der Waals surface area contributed by atoms with Gasteiger partial charge in [-0.25, -0.2) is 13.9 Å². The maximum absolute atomic E-state index is 14.3. The summed E-state index contributed by atoms with van der Waals surface area (Å²) in [4.78, 5) is 22.9. The smallest absolute Gasteiger partial charge is 0.358 e. The van der Waals surface area contributed by atoms with Crippen LogP contribution in [0.3, 0.4) is 0 Å². The number of carbonyl (C=O) groups is 2. The van der Waals surface area contributed by atoms with Gasteiger partial charge in [-0.2, -0.15) is 4.68 Å². The van der Waals surface area contributed by atoms with Gasteiger partial charge in [0.2, 0.25) is 5.91 Å². The lowest BCUT2D eigenvalue weighted by molar-refractivity contribution is -0.116. The Morgan fingerprint density at radius 1 is 1.26 bits per heavy atom. The minimum Gasteiger partial charge on any atom is -0.476 e. The molecule has 11 nitrogen and oxygen atoms in total. The number of hydrogen-bond donors (Lipinski definition) is 2. The number of hydrogen-bond acceptors (Lipinski definition) is 7. The van der Waals surface area contributed by atoms with Crippen molar-refractivity contribution in [2.75, 3.05) is 5.32 Å². The molecule has 2 N–H and O–H groups in total. The Morgan fingerprint density at radius 2 is 2.07 bits per heavy atom. The van der Waals surface area contributed by atoms with Crippen molar-refractivity contribution in [3.63, 3.8) is 0 Å². The van der Waals surface area contributed by atoms with Crippen LogP contribution in [0.15, 0.2) is 24.4 Å². The van der Waals surface area contributed by atoms with E-state index in [0.717, 1.165) is 23.7 Å². The quantitative estimate of drug-likeness (QED) is 0.641. The number of benzene rings is 1. The number of aromatic nitrogens is 7. The Kier molecular flexibility index (Phi) is 4.06. The maximum atomic E-state index is 14.3. The molecule has 0 saturated heterocycles. The van der Waals surface area contributed by atoms with Gasteiger partial charge in [0.05, 0.1) is 6.20 Å². The average molecular weight is 372 g/mol. The van der Waals surface area contributed by atoms with Gasteiger partial charge in [0, 0.05) is 11.6 Å². The number of carbonyl (C=O) groups excluding carboxylic acids is 1. The monoisotopic (exact) mass is 372 g/mol. The summed E-state index contributed by atoms with van der Waals surface area (Å²) in [6.07, 6.45) is 3.05. The number of nitrogens with one attached hydrogen (secondary N) is 1. The number of tetrazole rings is 1. The molecule has 0 spiro atoms. The van der Waals surface area contributed by atoms with Crippen molar-refractivity contribution < 1.29 is 19.1 Å². The number of carboxylic acids is 1. The summed E-state index contributed by atoms with van der Waals surface area (Å²) in [5, 5.41) is 29.8. The molecule has 27 heavy (non-hydrogen) atoms. The van der Waals surface area contributed by atoms with Gasteiger partial charge >= 0.3 is 5.97 Å². The fourth-order valence-electron chi connectivity index (χ4n) is 2.54. The minimum atomic E-state index is -1.24. The number of nitrogens with zero attached hydrogens (tertiary/aromatic N) is 7. The fraction of sp³-hybridized carbons (Fsp3) is 0.267. The predicted molar refractivity (Wildman–Crippen MR) is 86.7 cm³/mol. The molecular formula is C15H13FN8O3. The Morgan fingerprint density at radius 3 is 2.78 bits per heavy atom. The lowest BCUT2D eigenvalue weighted by atomic mass is 10.2. The zero-order chi connectivity index (χ0) is 19.0. The first kappa shape index (κ1) is 16.8. The molecule has 3 aromatic rings. The molecule has 12 heteroatoms. The second kappa shape index (κ2) is 6.55. The summed E-state index contributed by atoms with van der Waals surface area (Å²) < 4.78 is 16.7. The van der Waals surface area contributed by atoms with E-state index in [1.807, 2.05) is 0 Å². The first-order chi connectivity index (χ1) is 13.0. The van der Waals surface area contributed by atoms with Gasteiger partial charge in [0.15, 0.2) is 11.5 Å². The van der Waals surface area contributed by atoms with Crippen LogP contribution in [0, 0.1) is 5.82 Å². The highest BCUT2D eigenvalue weighted by Gasteiger charge is 2.30. The van der Waals surface area contributed by atoms with Crippen LogP contribution in [0.4, 0.5) is 10.1 Å². The van der Waals surface area contributed by atoms with Crippen molar-refractivity contribution in [3.05, 3.63) is 41.7 Å². The van der Waals surface area contributed by atoms with Crippen LogP contribution >= 0.6 is 0 Å². The van der Waals surface area contributed by atoms with Crippen LogP contribution in [0.2, 0.25) is 0 Å². The number of aromatic carboxylic acids is 1. The Labute approximate surface area is 150 Å². The predicted octanol–water partition coefficient (Wildman–Crippen LogP) is 0.607.